The Balaban J connectivity index is 1.60. The summed E-state index contributed by atoms with van der Waals surface area (Å²) in [6.45, 7) is 2.93. The van der Waals surface area contributed by atoms with Crippen LogP contribution in [0.1, 0.15) is 28.8 Å². The summed E-state index contributed by atoms with van der Waals surface area (Å²) in [5, 5.41) is 4.35. The number of anilines is 1. The third-order valence-corrected chi connectivity index (χ3v) is 5.55. The highest BCUT2D eigenvalue weighted by Gasteiger charge is 2.28. The van der Waals surface area contributed by atoms with Crippen molar-refractivity contribution in [2.24, 2.45) is 5.92 Å². The van der Waals surface area contributed by atoms with Crippen molar-refractivity contribution >= 4 is 52.3 Å². The van der Waals surface area contributed by atoms with Gasteiger partial charge >= 0.3 is 0 Å². The van der Waals surface area contributed by atoms with E-state index in [2.05, 4.69) is 5.32 Å². The molecule has 0 aliphatic carbocycles. The first-order valence-electron chi connectivity index (χ1n) is 8.66. The molecule has 142 valence electrons. The van der Waals surface area contributed by atoms with Gasteiger partial charge in [0.05, 0.1) is 10.6 Å². The molecule has 2 aromatic rings. The average molecular weight is 426 g/mol. The van der Waals surface area contributed by atoms with Crippen molar-refractivity contribution in [3.8, 4) is 0 Å². The zero-order valence-electron chi connectivity index (χ0n) is 14.8. The quantitative estimate of drug-likeness (QED) is 0.711. The fraction of sp³-hybridized carbons (Fsp3) is 0.300. The van der Waals surface area contributed by atoms with E-state index < -0.39 is 0 Å². The SMILES string of the molecule is Cc1ccc(Cl)cc1NC(=O)C1CCN(C(=O)c2ccc(Cl)cc2Cl)CC1. The van der Waals surface area contributed by atoms with Crippen LogP contribution in [-0.4, -0.2) is 29.8 Å². The number of nitrogens with zero attached hydrogens (tertiary/aromatic N) is 1. The monoisotopic (exact) mass is 424 g/mol. The van der Waals surface area contributed by atoms with E-state index >= 15 is 0 Å². The number of piperidine rings is 1. The molecule has 1 heterocycles. The van der Waals surface area contributed by atoms with Crippen molar-refractivity contribution in [2.45, 2.75) is 19.8 Å². The molecule has 7 heteroatoms. The van der Waals surface area contributed by atoms with Gasteiger partial charge in [0.25, 0.3) is 5.91 Å². The molecule has 0 saturated carbocycles. The number of amides is 2. The van der Waals surface area contributed by atoms with Gasteiger partial charge in [0, 0.05) is 34.7 Å². The molecule has 2 amide bonds. The molecule has 0 radical (unpaired) electrons. The number of likely N-dealkylation sites (tertiary alicyclic amines) is 1. The van der Waals surface area contributed by atoms with Crippen LogP contribution >= 0.6 is 34.8 Å². The van der Waals surface area contributed by atoms with Crippen LogP contribution in [0.25, 0.3) is 0 Å². The normalized spacial score (nSPS) is 14.9. The molecular formula is C20H19Cl3N2O2. The Labute approximate surface area is 173 Å². The van der Waals surface area contributed by atoms with Crippen molar-refractivity contribution in [1.29, 1.82) is 0 Å². The maximum atomic E-state index is 12.7. The molecule has 0 aromatic heterocycles. The van der Waals surface area contributed by atoms with Gasteiger partial charge in [-0.15, -0.1) is 0 Å². The van der Waals surface area contributed by atoms with Gasteiger partial charge in [-0.05, 0) is 55.7 Å². The van der Waals surface area contributed by atoms with Crippen molar-refractivity contribution in [3.63, 3.8) is 0 Å². The van der Waals surface area contributed by atoms with Crippen molar-refractivity contribution < 1.29 is 9.59 Å². The highest BCUT2D eigenvalue weighted by Crippen LogP contribution is 2.26. The van der Waals surface area contributed by atoms with Gasteiger partial charge in [-0.2, -0.15) is 0 Å². The van der Waals surface area contributed by atoms with Crippen LogP contribution in [0.3, 0.4) is 0 Å². The Morgan fingerprint density at radius 3 is 2.30 bits per heavy atom. The minimum atomic E-state index is -0.145. The van der Waals surface area contributed by atoms with Crippen LogP contribution in [0.15, 0.2) is 36.4 Å². The fourth-order valence-electron chi connectivity index (χ4n) is 3.14. The molecule has 1 aliphatic heterocycles. The summed E-state index contributed by atoms with van der Waals surface area (Å²) in [4.78, 5) is 27.0. The lowest BCUT2D eigenvalue weighted by Crippen LogP contribution is -2.41. The van der Waals surface area contributed by atoms with E-state index in [1.165, 1.54) is 0 Å². The topological polar surface area (TPSA) is 49.4 Å². The van der Waals surface area contributed by atoms with E-state index in [4.69, 9.17) is 34.8 Å². The lowest BCUT2D eigenvalue weighted by molar-refractivity contribution is -0.121. The predicted molar refractivity (Wildman–Crippen MR) is 110 cm³/mol. The fourth-order valence-corrected chi connectivity index (χ4v) is 3.80. The summed E-state index contributed by atoms with van der Waals surface area (Å²) < 4.78 is 0. The lowest BCUT2D eigenvalue weighted by atomic mass is 9.95. The zero-order chi connectivity index (χ0) is 19.6. The number of rotatable bonds is 3. The molecule has 4 nitrogen and oxygen atoms in total. The molecule has 1 N–H and O–H groups in total. The maximum absolute atomic E-state index is 12.7. The second-order valence-corrected chi connectivity index (χ2v) is 7.92. The van der Waals surface area contributed by atoms with Crippen LogP contribution in [-0.2, 0) is 4.79 Å². The van der Waals surface area contributed by atoms with Crippen molar-refractivity contribution in [2.75, 3.05) is 18.4 Å². The number of halogens is 3. The molecule has 0 unspecified atom stereocenters. The Hall–Kier alpha value is -1.75. The van der Waals surface area contributed by atoms with Gasteiger partial charge in [-0.3, -0.25) is 9.59 Å². The van der Waals surface area contributed by atoms with Gasteiger partial charge in [-0.1, -0.05) is 40.9 Å². The van der Waals surface area contributed by atoms with E-state index in [0.29, 0.717) is 46.6 Å². The smallest absolute Gasteiger partial charge is 0.255 e. The number of aryl methyl sites for hydroxylation is 1. The summed E-state index contributed by atoms with van der Waals surface area (Å²) in [6, 6.07) is 10.2. The third kappa shape index (κ3) is 4.75. The molecule has 1 saturated heterocycles. The van der Waals surface area contributed by atoms with Crippen molar-refractivity contribution in [3.05, 3.63) is 62.6 Å². The highest BCUT2D eigenvalue weighted by atomic mass is 35.5. The van der Waals surface area contributed by atoms with Crippen LogP contribution in [0.5, 0.6) is 0 Å². The molecule has 0 atom stereocenters. The van der Waals surface area contributed by atoms with Crippen LogP contribution < -0.4 is 5.32 Å². The molecule has 27 heavy (non-hydrogen) atoms. The number of benzene rings is 2. The summed E-state index contributed by atoms with van der Waals surface area (Å²) in [6.07, 6.45) is 1.20. The highest BCUT2D eigenvalue weighted by molar-refractivity contribution is 6.36. The van der Waals surface area contributed by atoms with E-state index in [-0.39, 0.29) is 17.7 Å². The molecule has 0 bridgehead atoms. The lowest BCUT2D eigenvalue weighted by Gasteiger charge is -2.31. The second-order valence-electron chi connectivity index (χ2n) is 6.64. The van der Waals surface area contributed by atoms with Crippen LogP contribution in [0.2, 0.25) is 15.1 Å². The molecule has 1 aliphatic rings. The van der Waals surface area contributed by atoms with Gasteiger partial charge in [-0.25, -0.2) is 0 Å². The van der Waals surface area contributed by atoms with E-state index in [1.54, 1.807) is 35.2 Å². The Bertz CT molecular complexity index is 878. The molecule has 0 spiro atoms. The van der Waals surface area contributed by atoms with Crippen molar-refractivity contribution in [1.82, 2.24) is 4.90 Å². The molecule has 3 rings (SSSR count). The molecular weight excluding hydrogens is 407 g/mol. The first-order valence-corrected chi connectivity index (χ1v) is 9.80. The number of carbonyl (C=O) groups excluding carboxylic acids is 2. The Kier molecular flexibility index (Phi) is 6.30. The molecule has 2 aromatic carbocycles. The third-order valence-electron chi connectivity index (χ3n) is 4.77. The number of hydrogen-bond acceptors (Lipinski definition) is 2. The van der Waals surface area contributed by atoms with E-state index in [0.717, 1.165) is 11.3 Å². The number of hydrogen-bond donors (Lipinski definition) is 1. The largest absolute Gasteiger partial charge is 0.339 e. The summed E-state index contributed by atoms with van der Waals surface area (Å²) in [7, 11) is 0. The summed E-state index contributed by atoms with van der Waals surface area (Å²) in [5.41, 5.74) is 2.11. The average Bonchev–Trinajstić information content (AvgIpc) is 2.64. The predicted octanol–water partition coefficient (Wildman–Crippen LogP) is 5.45. The number of carbonyl (C=O) groups is 2. The molecule has 1 fully saturated rings. The summed E-state index contributed by atoms with van der Waals surface area (Å²) >= 11 is 18.0. The summed E-state index contributed by atoms with van der Waals surface area (Å²) in [5.74, 6) is -0.327. The van der Waals surface area contributed by atoms with Gasteiger partial charge in [0.2, 0.25) is 5.91 Å². The first-order chi connectivity index (χ1) is 12.8. The first kappa shape index (κ1) is 20.0. The zero-order valence-corrected chi connectivity index (χ0v) is 17.0. The van der Waals surface area contributed by atoms with Gasteiger partial charge < -0.3 is 10.2 Å². The number of nitrogens with one attached hydrogen (secondary N) is 1. The Morgan fingerprint density at radius 2 is 1.63 bits per heavy atom. The van der Waals surface area contributed by atoms with Gasteiger partial charge in [0.1, 0.15) is 0 Å². The minimum absolute atomic E-state index is 0.0445. The maximum Gasteiger partial charge on any atom is 0.255 e. The Morgan fingerprint density at radius 1 is 1.00 bits per heavy atom. The standard InChI is InChI=1S/C20H19Cl3N2O2/c1-12-2-3-15(22)11-18(12)24-19(26)13-6-8-25(9-7-13)20(27)16-5-4-14(21)10-17(16)23/h2-5,10-11,13H,6-9H2,1H3,(H,24,26). The minimum Gasteiger partial charge on any atom is -0.339 e. The second kappa shape index (κ2) is 8.51. The van der Waals surface area contributed by atoms with Crippen LogP contribution in [0, 0.1) is 12.8 Å². The van der Waals surface area contributed by atoms with E-state index in [1.807, 2.05) is 13.0 Å². The van der Waals surface area contributed by atoms with E-state index in [9.17, 15) is 9.59 Å². The van der Waals surface area contributed by atoms with Gasteiger partial charge in [0.15, 0.2) is 0 Å². The van der Waals surface area contributed by atoms with Crippen LogP contribution in [0.4, 0.5) is 5.69 Å².